The summed E-state index contributed by atoms with van der Waals surface area (Å²) in [6, 6.07) is 31.8. The number of benzene rings is 4. The molecular weight excluding hydrogens is 651 g/mol. The number of carbonyl (C=O) groups excluding carboxylic acids is 1. The van der Waals surface area contributed by atoms with Crippen LogP contribution >= 0.6 is 11.3 Å². The maximum atomic E-state index is 14.6. The van der Waals surface area contributed by atoms with Gasteiger partial charge in [-0.2, -0.15) is 0 Å². The molecule has 0 saturated carbocycles. The second-order valence-corrected chi connectivity index (χ2v) is 12.5. The van der Waals surface area contributed by atoms with Gasteiger partial charge >= 0.3 is 5.97 Å². The average Bonchev–Trinajstić information content (AvgIpc) is 3.67. The quantitative estimate of drug-likeness (QED) is 0.156. The lowest BCUT2D eigenvalue weighted by Gasteiger charge is -2.27. The van der Waals surface area contributed by atoms with E-state index < -0.39 is 12.0 Å². The first-order valence-corrected chi connectivity index (χ1v) is 17.1. The van der Waals surface area contributed by atoms with Crippen molar-refractivity contribution in [1.29, 1.82) is 0 Å². The first-order chi connectivity index (χ1) is 24.5. The highest BCUT2D eigenvalue weighted by Gasteiger charge is 2.37. The maximum Gasteiger partial charge on any atom is 0.338 e. The van der Waals surface area contributed by atoms with Crippen molar-refractivity contribution in [2.75, 3.05) is 27.4 Å². The molecule has 0 aliphatic carbocycles. The minimum Gasteiger partial charge on any atom is -0.493 e. The number of ether oxygens (including phenoxy) is 4. The molecule has 9 nitrogen and oxygen atoms in total. The number of rotatable bonds is 11. The van der Waals surface area contributed by atoms with Crippen molar-refractivity contribution in [3.8, 4) is 17.2 Å². The number of aromatic nitrogens is 2. The largest absolute Gasteiger partial charge is 0.493 e. The summed E-state index contributed by atoms with van der Waals surface area (Å²) in [5.74, 6) is 1.12. The lowest BCUT2D eigenvalue weighted by Crippen LogP contribution is -2.40. The molecule has 252 valence electrons. The molecule has 50 heavy (non-hydrogen) atoms. The van der Waals surface area contributed by atoms with E-state index in [-0.39, 0.29) is 17.7 Å². The molecule has 1 aliphatic rings. The highest BCUT2D eigenvalue weighted by Crippen LogP contribution is 2.42. The van der Waals surface area contributed by atoms with Gasteiger partial charge in [0, 0.05) is 33.8 Å². The predicted molar refractivity (Wildman–Crippen MR) is 194 cm³/mol. The van der Waals surface area contributed by atoms with Crippen molar-refractivity contribution >= 4 is 40.0 Å². The molecule has 2 aromatic heterocycles. The standard InChI is InChI=1S/C40H35N3O6S/c1-4-48-39(45)34-35(26-14-7-5-8-15-26)41-40-43(36(34)30-19-13-21-32(46-2)37(30)47-3)38(44)33(50-40)24-27-25-42(31-20-12-11-18-29(27)31)22-23-49-28-16-9-6-10-17-28/h5-21,24-25,36H,4,22-23H2,1-3H3/b33-24-/t36-/m1/s1. The minimum absolute atomic E-state index is 0.150. The number of fused-ring (bicyclic) bond motifs is 2. The summed E-state index contributed by atoms with van der Waals surface area (Å²) in [7, 11) is 3.09. The normalized spacial score (nSPS) is 14.3. The summed E-state index contributed by atoms with van der Waals surface area (Å²) < 4.78 is 27.3. The van der Waals surface area contributed by atoms with Gasteiger partial charge in [-0.05, 0) is 37.3 Å². The minimum atomic E-state index is -0.913. The molecule has 10 heteroatoms. The Kier molecular flexibility index (Phi) is 9.35. The second-order valence-electron chi connectivity index (χ2n) is 11.5. The first-order valence-electron chi connectivity index (χ1n) is 16.3. The van der Waals surface area contributed by atoms with E-state index >= 15 is 0 Å². The lowest BCUT2D eigenvalue weighted by atomic mass is 9.92. The number of methoxy groups -OCH3 is 2. The van der Waals surface area contributed by atoms with Crippen molar-refractivity contribution in [3.05, 3.63) is 151 Å². The Morgan fingerprint density at radius 1 is 0.900 bits per heavy atom. The van der Waals surface area contributed by atoms with Gasteiger partial charge in [0.25, 0.3) is 5.56 Å². The molecule has 0 radical (unpaired) electrons. The maximum absolute atomic E-state index is 14.6. The Morgan fingerprint density at radius 3 is 2.38 bits per heavy atom. The van der Waals surface area contributed by atoms with E-state index in [0.29, 0.717) is 45.2 Å². The van der Waals surface area contributed by atoms with E-state index in [1.54, 1.807) is 24.7 Å². The van der Waals surface area contributed by atoms with Crippen LogP contribution in [-0.2, 0) is 16.1 Å². The number of nitrogens with zero attached hydrogens (tertiary/aromatic N) is 3. The summed E-state index contributed by atoms with van der Waals surface area (Å²) in [6.45, 7) is 2.99. The predicted octanol–water partition coefficient (Wildman–Crippen LogP) is 5.99. The van der Waals surface area contributed by atoms with Gasteiger partial charge in [-0.3, -0.25) is 9.36 Å². The SMILES string of the molecule is CCOC(=O)C1=C(c2ccccc2)N=c2s/c(=C\c3cn(CCOc4ccccc4)c4ccccc34)c(=O)n2[C@@H]1c1cccc(OC)c1OC. The van der Waals surface area contributed by atoms with E-state index in [9.17, 15) is 9.59 Å². The van der Waals surface area contributed by atoms with Crippen LogP contribution in [0.1, 0.15) is 29.7 Å². The molecule has 0 bridgehead atoms. The fourth-order valence-electron chi connectivity index (χ4n) is 6.36. The number of para-hydroxylation sites is 3. The van der Waals surface area contributed by atoms with Crippen LogP contribution in [0.3, 0.4) is 0 Å². The van der Waals surface area contributed by atoms with E-state index in [0.717, 1.165) is 27.8 Å². The van der Waals surface area contributed by atoms with Gasteiger partial charge in [0.05, 0.1) is 43.2 Å². The molecule has 0 unspecified atom stereocenters. The molecule has 0 N–H and O–H groups in total. The fourth-order valence-corrected chi connectivity index (χ4v) is 7.35. The molecule has 0 fully saturated rings. The number of esters is 1. The summed E-state index contributed by atoms with van der Waals surface area (Å²) in [6.07, 6.45) is 3.94. The third-order valence-electron chi connectivity index (χ3n) is 8.55. The number of thiazole rings is 1. The third-order valence-corrected chi connectivity index (χ3v) is 9.53. The van der Waals surface area contributed by atoms with Gasteiger partial charge in [0.2, 0.25) is 0 Å². The molecule has 0 saturated heterocycles. The van der Waals surface area contributed by atoms with Gasteiger partial charge in [0.15, 0.2) is 16.3 Å². The topological polar surface area (TPSA) is 93.3 Å². The number of hydrogen-bond acceptors (Lipinski definition) is 8. The van der Waals surface area contributed by atoms with E-state index in [4.69, 9.17) is 23.9 Å². The molecule has 1 aliphatic heterocycles. The van der Waals surface area contributed by atoms with Gasteiger partial charge in [0.1, 0.15) is 18.4 Å². The fraction of sp³-hybridized carbons (Fsp3) is 0.175. The molecule has 3 heterocycles. The van der Waals surface area contributed by atoms with Gasteiger partial charge in [-0.15, -0.1) is 0 Å². The van der Waals surface area contributed by atoms with Crippen molar-refractivity contribution < 1.29 is 23.7 Å². The molecule has 4 aromatic carbocycles. The third kappa shape index (κ3) is 6.10. The monoisotopic (exact) mass is 685 g/mol. The lowest BCUT2D eigenvalue weighted by molar-refractivity contribution is -0.138. The smallest absolute Gasteiger partial charge is 0.338 e. The Bertz CT molecular complexity index is 2390. The van der Waals surface area contributed by atoms with Crippen molar-refractivity contribution in [2.24, 2.45) is 4.99 Å². The molecule has 0 spiro atoms. The van der Waals surface area contributed by atoms with Crippen LogP contribution in [0.2, 0.25) is 0 Å². The number of hydrogen-bond donors (Lipinski definition) is 0. The van der Waals surface area contributed by atoms with Crippen LogP contribution in [0.15, 0.2) is 125 Å². The average molecular weight is 686 g/mol. The van der Waals surface area contributed by atoms with E-state index in [2.05, 4.69) is 10.6 Å². The highest BCUT2D eigenvalue weighted by atomic mass is 32.1. The summed E-state index contributed by atoms with van der Waals surface area (Å²) in [4.78, 5) is 34.0. The second kappa shape index (κ2) is 14.3. The van der Waals surface area contributed by atoms with Crippen molar-refractivity contribution in [1.82, 2.24) is 9.13 Å². The van der Waals surface area contributed by atoms with Crippen molar-refractivity contribution in [3.63, 3.8) is 0 Å². The summed E-state index contributed by atoms with van der Waals surface area (Å²) in [5.41, 5.74) is 3.58. The van der Waals surface area contributed by atoms with Gasteiger partial charge in [-0.1, -0.05) is 90.2 Å². The zero-order valence-electron chi connectivity index (χ0n) is 27.9. The van der Waals surface area contributed by atoms with E-state index in [1.807, 2.05) is 103 Å². The highest BCUT2D eigenvalue weighted by molar-refractivity contribution is 7.07. The van der Waals surface area contributed by atoms with Crippen LogP contribution in [0.5, 0.6) is 17.2 Å². The van der Waals surface area contributed by atoms with Gasteiger partial charge in [-0.25, -0.2) is 9.79 Å². The van der Waals surface area contributed by atoms with Crippen LogP contribution in [0.25, 0.3) is 22.7 Å². The van der Waals surface area contributed by atoms with Crippen molar-refractivity contribution in [2.45, 2.75) is 19.5 Å². The molecule has 1 atom stereocenters. The Labute approximate surface area is 292 Å². The Balaban J connectivity index is 1.42. The van der Waals surface area contributed by atoms with Crippen LogP contribution in [-0.4, -0.2) is 42.5 Å². The molecule has 6 aromatic rings. The van der Waals surface area contributed by atoms with Crippen LogP contribution in [0, 0.1) is 0 Å². The molecule has 7 rings (SSSR count). The van der Waals surface area contributed by atoms with Crippen LogP contribution in [0.4, 0.5) is 0 Å². The summed E-state index contributed by atoms with van der Waals surface area (Å²) in [5, 5.41) is 1.00. The zero-order chi connectivity index (χ0) is 34.6. The van der Waals surface area contributed by atoms with Crippen LogP contribution < -0.4 is 29.1 Å². The van der Waals surface area contributed by atoms with Gasteiger partial charge < -0.3 is 23.5 Å². The zero-order valence-corrected chi connectivity index (χ0v) is 28.7. The first kappa shape index (κ1) is 32.7. The summed E-state index contributed by atoms with van der Waals surface area (Å²) >= 11 is 1.27. The molecular formula is C40H35N3O6S. The Hall–Kier alpha value is -5.87. The molecule has 0 amide bonds. The Morgan fingerprint density at radius 2 is 1.64 bits per heavy atom. The van der Waals surface area contributed by atoms with E-state index in [1.165, 1.54) is 18.4 Å². The number of carbonyl (C=O) groups is 1.